The van der Waals surface area contributed by atoms with Crippen molar-refractivity contribution in [3.05, 3.63) is 76.5 Å². The highest BCUT2D eigenvalue weighted by atomic mass is 16.5. The number of aromatic nitrogens is 4. The van der Waals surface area contributed by atoms with Crippen LogP contribution < -0.4 is 10.9 Å². The van der Waals surface area contributed by atoms with Crippen molar-refractivity contribution in [3.8, 4) is 11.5 Å². The third kappa shape index (κ3) is 4.09. The maximum absolute atomic E-state index is 12.5. The number of H-pyrrole nitrogens is 1. The first-order valence-corrected chi connectivity index (χ1v) is 10.6. The molecular formula is C23H22N6O3. The van der Waals surface area contributed by atoms with Gasteiger partial charge in [0.25, 0.3) is 5.56 Å². The summed E-state index contributed by atoms with van der Waals surface area (Å²) >= 11 is 0. The number of hydrogen-bond donors (Lipinski definition) is 2. The lowest BCUT2D eigenvalue weighted by atomic mass is 9.97. The number of rotatable bonds is 4. The summed E-state index contributed by atoms with van der Waals surface area (Å²) in [6.45, 7) is 1.35. The predicted molar refractivity (Wildman–Crippen MR) is 118 cm³/mol. The first-order valence-electron chi connectivity index (χ1n) is 10.6. The topological polar surface area (TPSA) is 117 Å². The molecule has 1 aromatic carbocycles. The minimum atomic E-state index is -0.195. The number of hydrogen-bond acceptors (Lipinski definition) is 6. The first-order chi connectivity index (χ1) is 15.7. The molecule has 4 aromatic rings. The summed E-state index contributed by atoms with van der Waals surface area (Å²) in [7, 11) is 0. The van der Waals surface area contributed by atoms with Crippen LogP contribution in [0.25, 0.3) is 22.4 Å². The van der Waals surface area contributed by atoms with Crippen LogP contribution in [-0.4, -0.2) is 44.1 Å². The SMILES string of the molecule is O=C(NCc1ccc[nH]c1=O)N1CCC(c2nc(-c3ccc4ccccc4n3)no2)CC1. The number of nitrogens with zero attached hydrogens (tertiary/aromatic N) is 4. The van der Waals surface area contributed by atoms with Gasteiger partial charge < -0.3 is 19.7 Å². The van der Waals surface area contributed by atoms with Crippen molar-refractivity contribution in [1.82, 2.24) is 30.3 Å². The Morgan fingerprint density at radius 3 is 2.78 bits per heavy atom. The van der Waals surface area contributed by atoms with E-state index in [1.54, 1.807) is 23.2 Å². The van der Waals surface area contributed by atoms with Gasteiger partial charge in [-0.15, -0.1) is 0 Å². The van der Waals surface area contributed by atoms with Crippen molar-refractivity contribution < 1.29 is 9.32 Å². The van der Waals surface area contributed by atoms with Gasteiger partial charge in [0.1, 0.15) is 5.69 Å². The molecule has 0 atom stereocenters. The summed E-state index contributed by atoms with van der Waals surface area (Å²) in [5, 5.41) is 7.99. The highest BCUT2D eigenvalue weighted by Crippen LogP contribution is 2.28. The fraction of sp³-hybridized carbons (Fsp3) is 0.261. The van der Waals surface area contributed by atoms with E-state index < -0.39 is 0 Å². The number of piperidine rings is 1. The standard InChI is InChI=1S/C23H22N6O3/c30-21-17(5-3-11-24-21)14-25-23(31)29-12-9-16(10-13-29)22-27-20(28-32-22)19-8-7-15-4-1-2-6-18(15)26-19/h1-8,11,16H,9-10,12-14H2,(H,24,30)(H,25,31). The van der Waals surface area contributed by atoms with Crippen molar-refractivity contribution in [1.29, 1.82) is 0 Å². The molecule has 32 heavy (non-hydrogen) atoms. The Balaban J connectivity index is 1.19. The molecule has 1 saturated heterocycles. The van der Waals surface area contributed by atoms with Crippen LogP contribution in [0.1, 0.15) is 30.2 Å². The van der Waals surface area contributed by atoms with Crippen LogP contribution in [0.2, 0.25) is 0 Å². The largest absolute Gasteiger partial charge is 0.339 e. The lowest BCUT2D eigenvalue weighted by Crippen LogP contribution is -2.44. The minimum absolute atomic E-state index is 0.0951. The average molecular weight is 430 g/mol. The van der Waals surface area contributed by atoms with E-state index in [2.05, 4.69) is 25.4 Å². The van der Waals surface area contributed by atoms with Gasteiger partial charge in [-0.1, -0.05) is 35.5 Å². The number of benzene rings is 1. The van der Waals surface area contributed by atoms with E-state index >= 15 is 0 Å². The van der Waals surface area contributed by atoms with Crippen molar-refractivity contribution in [2.75, 3.05) is 13.1 Å². The summed E-state index contributed by atoms with van der Waals surface area (Å²) in [5.74, 6) is 1.14. The molecule has 2 amide bonds. The molecule has 3 aromatic heterocycles. The van der Waals surface area contributed by atoms with Gasteiger partial charge >= 0.3 is 6.03 Å². The zero-order chi connectivity index (χ0) is 21.9. The maximum Gasteiger partial charge on any atom is 0.317 e. The van der Waals surface area contributed by atoms with Gasteiger partial charge in [-0.2, -0.15) is 4.98 Å². The van der Waals surface area contributed by atoms with E-state index in [0.717, 1.165) is 23.7 Å². The molecule has 5 rings (SSSR count). The third-order valence-corrected chi connectivity index (χ3v) is 5.73. The maximum atomic E-state index is 12.5. The summed E-state index contributed by atoms with van der Waals surface area (Å²) in [6.07, 6.45) is 3.02. The van der Waals surface area contributed by atoms with E-state index in [-0.39, 0.29) is 24.1 Å². The van der Waals surface area contributed by atoms with Gasteiger partial charge in [0.05, 0.1) is 5.52 Å². The average Bonchev–Trinajstić information content (AvgIpc) is 3.33. The molecule has 0 unspecified atom stereocenters. The Hall–Kier alpha value is -4.01. The quantitative estimate of drug-likeness (QED) is 0.514. The lowest BCUT2D eigenvalue weighted by Gasteiger charge is -2.30. The fourth-order valence-corrected chi connectivity index (χ4v) is 3.90. The van der Waals surface area contributed by atoms with Gasteiger partial charge in [-0.25, -0.2) is 9.78 Å². The molecule has 9 nitrogen and oxygen atoms in total. The molecule has 0 radical (unpaired) electrons. The fourth-order valence-electron chi connectivity index (χ4n) is 3.90. The highest BCUT2D eigenvalue weighted by Gasteiger charge is 2.28. The number of para-hydroxylation sites is 1. The monoisotopic (exact) mass is 430 g/mol. The second-order valence-electron chi connectivity index (χ2n) is 7.79. The van der Waals surface area contributed by atoms with E-state index in [9.17, 15) is 9.59 Å². The van der Waals surface area contributed by atoms with Crippen LogP contribution in [0.5, 0.6) is 0 Å². The minimum Gasteiger partial charge on any atom is -0.339 e. The van der Waals surface area contributed by atoms with Crippen LogP contribution >= 0.6 is 0 Å². The molecule has 0 bridgehead atoms. The predicted octanol–water partition coefficient (Wildman–Crippen LogP) is 3.06. The molecule has 0 aliphatic carbocycles. The van der Waals surface area contributed by atoms with E-state index in [1.807, 2.05) is 36.4 Å². The van der Waals surface area contributed by atoms with Gasteiger partial charge in [0.15, 0.2) is 0 Å². The Labute approximate surface area is 183 Å². The molecule has 1 aliphatic heterocycles. The number of aromatic amines is 1. The number of pyridine rings is 2. The van der Waals surface area contributed by atoms with Gasteiger partial charge in [0, 0.05) is 42.7 Å². The Morgan fingerprint density at radius 2 is 1.94 bits per heavy atom. The van der Waals surface area contributed by atoms with E-state index in [0.29, 0.717) is 36.1 Å². The van der Waals surface area contributed by atoms with Gasteiger partial charge in [-0.05, 0) is 31.0 Å². The molecule has 0 saturated carbocycles. The molecule has 1 aliphatic rings. The summed E-state index contributed by atoms with van der Waals surface area (Å²) < 4.78 is 5.53. The summed E-state index contributed by atoms with van der Waals surface area (Å²) in [6, 6.07) is 15.0. The van der Waals surface area contributed by atoms with Crippen LogP contribution in [0, 0.1) is 0 Å². The highest BCUT2D eigenvalue weighted by molar-refractivity contribution is 5.80. The van der Waals surface area contributed by atoms with Crippen molar-refractivity contribution >= 4 is 16.9 Å². The van der Waals surface area contributed by atoms with Crippen LogP contribution in [0.3, 0.4) is 0 Å². The number of carbonyl (C=O) groups excluding carboxylic acids is 1. The van der Waals surface area contributed by atoms with Gasteiger partial charge in [0.2, 0.25) is 11.7 Å². The normalized spacial score (nSPS) is 14.6. The molecule has 9 heteroatoms. The van der Waals surface area contributed by atoms with Crippen LogP contribution in [-0.2, 0) is 6.54 Å². The molecule has 4 heterocycles. The van der Waals surface area contributed by atoms with Crippen molar-refractivity contribution in [2.24, 2.45) is 0 Å². The number of fused-ring (bicyclic) bond motifs is 1. The van der Waals surface area contributed by atoms with Crippen LogP contribution in [0.4, 0.5) is 4.79 Å². The molecule has 162 valence electrons. The van der Waals surface area contributed by atoms with E-state index in [4.69, 9.17) is 4.52 Å². The second-order valence-corrected chi connectivity index (χ2v) is 7.79. The number of nitrogens with one attached hydrogen (secondary N) is 2. The zero-order valence-corrected chi connectivity index (χ0v) is 17.3. The molecule has 0 spiro atoms. The first kappa shape index (κ1) is 19.9. The number of urea groups is 1. The smallest absolute Gasteiger partial charge is 0.317 e. The Kier molecular flexibility index (Phi) is 5.37. The lowest BCUT2D eigenvalue weighted by molar-refractivity contribution is 0.175. The second kappa shape index (κ2) is 8.62. The van der Waals surface area contributed by atoms with Crippen LogP contribution in [0.15, 0.2) is 64.0 Å². The zero-order valence-electron chi connectivity index (χ0n) is 17.3. The molecule has 1 fully saturated rings. The number of likely N-dealkylation sites (tertiary alicyclic amines) is 1. The number of amides is 2. The molecular weight excluding hydrogens is 408 g/mol. The van der Waals surface area contributed by atoms with E-state index in [1.165, 1.54) is 0 Å². The Morgan fingerprint density at radius 1 is 1.09 bits per heavy atom. The molecule has 2 N–H and O–H groups in total. The third-order valence-electron chi connectivity index (χ3n) is 5.73. The van der Waals surface area contributed by atoms with Gasteiger partial charge in [-0.3, -0.25) is 4.79 Å². The van der Waals surface area contributed by atoms with Crippen molar-refractivity contribution in [2.45, 2.75) is 25.3 Å². The number of carbonyl (C=O) groups is 1. The summed E-state index contributed by atoms with van der Waals surface area (Å²) in [5.41, 5.74) is 1.88. The Bertz CT molecular complexity index is 1310. The summed E-state index contributed by atoms with van der Waals surface area (Å²) in [4.78, 5) is 37.7. The van der Waals surface area contributed by atoms with Crippen molar-refractivity contribution in [3.63, 3.8) is 0 Å².